The molecule has 3 aromatic carbocycles. The predicted octanol–water partition coefficient (Wildman–Crippen LogP) is 5.35. The van der Waals surface area contributed by atoms with E-state index in [2.05, 4.69) is 12.1 Å². The Morgan fingerprint density at radius 3 is 2.30 bits per heavy atom. The van der Waals surface area contributed by atoms with E-state index in [1.165, 1.54) is 22.3 Å². The molecule has 118 valence electrons. The number of hydrogen-bond donors (Lipinski definition) is 2. The lowest BCUT2D eigenvalue weighted by molar-refractivity contribution is 0.474. The van der Waals surface area contributed by atoms with Gasteiger partial charge in [-0.15, -0.1) is 0 Å². The number of rotatable bonds is 0. The van der Waals surface area contributed by atoms with E-state index in [-0.39, 0.29) is 0 Å². The van der Waals surface area contributed by atoms with Crippen molar-refractivity contribution in [3.8, 4) is 22.6 Å². The van der Waals surface area contributed by atoms with Crippen molar-refractivity contribution < 1.29 is 10.2 Å². The van der Waals surface area contributed by atoms with Crippen LogP contribution >= 0.6 is 0 Å². The lowest BCUT2D eigenvalue weighted by Gasteiger charge is -2.22. The molecule has 0 radical (unpaired) electrons. The highest BCUT2D eigenvalue weighted by atomic mass is 16.3. The molecular weight excluding hydrogens is 284 g/mol. The zero-order valence-corrected chi connectivity index (χ0v) is 13.9. The summed E-state index contributed by atoms with van der Waals surface area (Å²) >= 11 is 0. The SMILES string of the molecule is CC.Cc1ccc2c3c(cc(O)c2c1)CCc1cc(O)ccc1-3. The highest BCUT2D eigenvalue weighted by molar-refractivity contribution is 6.03. The fourth-order valence-corrected chi connectivity index (χ4v) is 3.39. The first kappa shape index (κ1) is 15.4. The third-order valence-corrected chi connectivity index (χ3v) is 4.37. The molecule has 0 saturated carbocycles. The number of aromatic hydroxyl groups is 2. The minimum absolute atomic E-state index is 0.316. The molecule has 0 fully saturated rings. The summed E-state index contributed by atoms with van der Waals surface area (Å²) in [5, 5.41) is 22.0. The largest absolute Gasteiger partial charge is 0.508 e. The van der Waals surface area contributed by atoms with Crippen molar-refractivity contribution >= 4 is 10.8 Å². The average Bonchev–Trinajstić information content (AvgIpc) is 2.56. The Balaban J connectivity index is 0.000000753. The number of phenols is 2. The molecule has 1 aliphatic carbocycles. The van der Waals surface area contributed by atoms with Crippen LogP contribution in [0.2, 0.25) is 0 Å². The summed E-state index contributed by atoms with van der Waals surface area (Å²) in [4.78, 5) is 0. The minimum atomic E-state index is 0.316. The Hall–Kier alpha value is -2.48. The molecule has 1 aliphatic rings. The normalized spacial score (nSPS) is 12.1. The molecule has 23 heavy (non-hydrogen) atoms. The number of fused-ring (bicyclic) bond motifs is 5. The van der Waals surface area contributed by atoms with Crippen LogP contribution in [0.3, 0.4) is 0 Å². The van der Waals surface area contributed by atoms with E-state index in [4.69, 9.17) is 0 Å². The van der Waals surface area contributed by atoms with Crippen molar-refractivity contribution in [2.24, 2.45) is 0 Å². The molecule has 0 atom stereocenters. The molecule has 0 bridgehead atoms. The van der Waals surface area contributed by atoms with E-state index in [0.29, 0.717) is 11.5 Å². The molecule has 0 spiro atoms. The summed E-state index contributed by atoms with van der Waals surface area (Å²) in [6, 6.07) is 13.7. The first-order valence-electron chi connectivity index (χ1n) is 8.21. The second-order valence-corrected chi connectivity index (χ2v) is 5.82. The molecule has 0 unspecified atom stereocenters. The van der Waals surface area contributed by atoms with Crippen molar-refractivity contribution in [1.82, 2.24) is 0 Å². The van der Waals surface area contributed by atoms with Crippen molar-refractivity contribution in [2.45, 2.75) is 33.6 Å². The van der Waals surface area contributed by atoms with Crippen molar-refractivity contribution in [3.63, 3.8) is 0 Å². The quantitative estimate of drug-likeness (QED) is 0.587. The summed E-state index contributed by atoms with van der Waals surface area (Å²) in [6.07, 6.45) is 1.79. The zero-order chi connectivity index (χ0) is 16.6. The molecule has 4 rings (SSSR count). The van der Waals surface area contributed by atoms with Crippen LogP contribution in [0.15, 0.2) is 42.5 Å². The Kier molecular flexibility index (Phi) is 3.99. The number of hydrogen-bond acceptors (Lipinski definition) is 2. The van der Waals surface area contributed by atoms with Gasteiger partial charge in [-0.1, -0.05) is 37.6 Å². The van der Waals surface area contributed by atoms with Gasteiger partial charge in [0.1, 0.15) is 11.5 Å². The van der Waals surface area contributed by atoms with Crippen LogP contribution in [-0.4, -0.2) is 10.2 Å². The molecule has 0 amide bonds. The van der Waals surface area contributed by atoms with Crippen LogP contribution in [-0.2, 0) is 12.8 Å². The Morgan fingerprint density at radius 1 is 0.783 bits per heavy atom. The van der Waals surface area contributed by atoms with Gasteiger partial charge >= 0.3 is 0 Å². The van der Waals surface area contributed by atoms with Gasteiger partial charge in [-0.2, -0.15) is 0 Å². The van der Waals surface area contributed by atoms with Crippen molar-refractivity contribution in [3.05, 3.63) is 59.2 Å². The van der Waals surface area contributed by atoms with Gasteiger partial charge in [-0.3, -0.25) is 0 Å². The summed E-state index contributed by atoms with van der Waals surface area (Å²) in [5.41, 5.74) is 5.86. The molecule has 0 heterocycles. The van der Waals surface area contributed by atoms with Gasteiger partial charge in [0.05, 0.1) is 0 Å². The van der Waals surface area contributed by atoms with E-state index in [9.17, 15) is 10.2 Å². The van der Waals surface area contributed by atoms with Crippen LogP contribution in [0, 0.1) is 6.92 Å². The standard InChI is InChI=1S/C19H16O2.C2H6/c1-11-2-6-16-17(8-11)18(21)10-13-4-3-12-9-14(20)5-7-15(12)19(13)16;1-2/h2,5-10,20-21H,3-4H2,1H3;1-2H3. The lowest BCUT2D eigenvalue weighted by Crippen LogP contribution is -2.04. The van der Waals surface area contributed by atoms with Crippen LogP contribution < -0.4 is 0 Å². The fourth-order valence-electron chi connectivity index (χ4n) is 3.39. The first-order valence-corrected chi connectivity index (χ1v) is 8.21. The number of benzene rings is 3. The summed E-state index contributed by atoms with van der Waals surface area (Å²) in [5.74, 6) is 0.672. The van der Waals surface area contributed by atoms with E-state index in [1.807, 2.05) is 45.0 Å². The highest BCUT2D eigenvalue weighted by Gasteiger charge is 2.20. The monoisotopic (exact) mass is 306 g/mol. The van der Waals surface area contributed by atoms with E-state index in [1.54, 1.807) is 6.07 Å². The van der Waals surface area contributed by atoms with E-state index < -0.39 is 0 Å². The lowest BCUT2D eigenvalue weighted by atomic mass is 9.82. The molecule has 2 heteroatoms. The molecule has 0 aliphatic heterocycles. The van der Waals surface area contributed by atoms with Gasteiger partial charge in [0, 0.05) is 5.39 Å². The van der Waals surface area contributed by atoms with Crippen LogP contribution in [0.1, 0.15) is 30.5 Å². The minimum Gasteiger partial charge on any atom is -0.508 e. The molecule has 2 nitrogen and oxygen atoms in total. The van der Waals surface area contributed by atoms with Gasteiger partial charge in [-0.05, 0) is 71.7 Å². The van der Waals surface area contributed by atoms with Crippen LogP contribution in [0.4, 0.5) is 0 Å². The van der Waals surface area contributed by atoms with E-state index >= 15 is 0 Å². The fraction of sp³-hybridized carbons (Fsp3) is 0.238. The van der Waals surface area contributed by atoms with Crippen LogP contribution in [0.25, 0.3) is 21.9 Å². The maximum absolute atomic E-state index is 10.3. The molecular formula is C21H22O2. The third kappa shape index (κ3) is 2.55. The van der Waals surface area contributed by atoms with Gasteiger partial charge in [0.2, 0.25) is 0 Å². The predicted molar refractivity (Wildman–Crippen MR) is 96.2 cm³/mol. The molecule has 0 aromatic heterocycles. The summed E-state index contributed by atoms with van der Waals surface area (Å²) < 4.78 is 0. The average molecular weight is 306 g/mol. The number of aryl methyl sites for hydroxylation is 3. The Labute approximate surface area is 137 Å². The molecule has 0 saturated heterocycles. The van der Waals surface area contributed by atoms with Gasteiger partial charge in [0.15, 0.2) is 0 Å². The Bertz CT molecular complexity index is 879. The highest BCUT2D eigenvalue weighted by Crippen LogP contribution is 2.43. The number of phenolic OH excluding ortho intramolecular Hbond substituents is 2. The Morgan fingerprint density at radius 2 is 1.52 bits per heavy atom. The van der Waals surface area contributed by atoms with Crippen molar-refractivity contribution in [2.75, 3.05) is 0 Å². The molecule has 3 aromatic rings. The second kappa shape index (κ2) is 5.96. The topological polar surface area (TPSA) is 40.5 Å². The zero-order valence-electron chi connectivity index (χ0n) is 13.9. The summed E-state index contributed by atoms with van der Waals surface area (Å²) in [6.45, 7) is 6.03. The van der Waals surface area contributed by atoms with Gasteiger partial charge in [-0.25, -0.2) is 0 Å². The summed E-state index contributed by atoms with van der Waals surface area (Å²) in [7, 11) is 0. The molecule has 2 N–H and O–H groups in total. The van der Waals surface area contributed by atoms with E-state index in [0.717, 1.165) is 29.2 Å². The third-order valence-electron chi connectivity index (χ3n) is 4.37. The maximum atomic E-state index is 10.3. The first-order chi connectivity index (χ1) is 11.1. The second-order valence-electron chi connectivity index (χ2n) is 5.82. The van der Waals surface area contributed by atoms with Crippen LogP contribution in [0.5, 0.6) is 11.5 Å². The van der Waals surface area contributed by atoms with Crippen molar-refractivity contribution in [1.29, 1.82) is 0 Å². The smallest absolute Gasteiger partial charge is 0.123 e. The van der Waals surface area contributed by atoms with Gasteiger partial charge in [0.25, 0.3) is 0 Å². The van der Waals surface area contributed by atoms with Gasteiger partial charge < -0.3 is 10.2 Å². The maximum Gasteiger partial charge on any atom is 0.123 e.